The first-order valence-electron chi connectivity index (χ1n) is 24.0. The summed E-state index contributed by atoms with van der Waals surface area (Å²) in [6, 6.07) is 0. The molecule has 0 rings (SSSR count). The van der Waals surface area contributed by atoms with Gasteiger partial charge in [0.15, 0.2) is 6.10 Å². The zero-order valence-corrected chi connectivity index (χ0v) is 36.5. The van der Waals surface area contributed by atoms with E-state index in [4.69, 9.17) is 14.2 Å². The van der Waals surface area contributed by atoms with Gasteiger partial charge in [0, 0.05) is 19.3 Å². The lowest BCUT2D eigenvalue weighted by Crippen LogP contribution is -2.30. The van der Waals surface area contributed by atoms with E-state index in [9.17, 15) is 14.4 Å². The molecule has 6 heteroatoms. The van der Waals surface area contributed by atoms with Gasteiger partial charge in [-0.15, -0.1) is 0 Å². The standard InChI is InChI=1S/C48H92O6/c1-4-7-10-13-15-17-19-21-22-23-24-25-27-28-30-32-35-38-41-47(50)53-44-45(43-52-46(49)40-37-34-12-9-6-3)54-48(51)42-39-36-33-31-29-26-20-18-16-14-11-8-5-2/h45H,4-44H2,1-3H3/t45-/m0/s1. The first-order valence-corrected chi connectivity index (χ1v) is 24.0. The minimum atomic E-state index is -0.757. The Bertz CT molecular complexity index is 798. The third-order valence-electron chi connectivity index (χ3n) is 10.9. The number of rotatable bonds is 44. The van der Waals surface area contributed by atoms with Crippen molar-refractivity contribution in [1.29, 1.82) is 0 Å². The SMILES string of the molecule is CCCCCCCCCCCCCCCCCCCCC(=O)OC[C@H](COC(=O)CCCCCCC)OC(=O)CCCCCCCCCCCCCCC. The molecule has 0 aliphatic heterocycles. The van der Waals surface area contributed by atoms with Crippen LogP contribution in [0.3, 0.4) is 0 Å². The first-order chi connectivity index (χ1) is 26.5. The van der Waals surface area contributed by atoms with Crippen molar-refractivity contribution < 1.29 is 28.6 Å². The van der Waals surface area contributed by atoms with Gasteiger partial charge in [-0.2, -0.15) is 0 Å². The van der Waals surface area contributed by atoms with Crippen LogP contribution in [0.2, 0.25) is 0 Å². The van der Waals surface area contributed by atoms with Crippen LogP contribution in [0.5, 0.6) is 0 Å². The molecule has 0 N–H and O–H groups in total. The molecule has 1 atom stereocenters. The van der Waals surface area contributed by atoms with Gasteiger partial charge in [0.05, 0.1) is 0 Å². The van der Waals surface area contributed by atoms with Gasteiger partial charge in [-0.25, -0.2) is 0 Å². The van der Waals surface area contributed by atoms with E-state index in [0.29, 0.717) is 19.3 Å². The van der Waals surface area contributed by atoms with Crippen LogP contribution in [0.1, 0.15) is 271 Å². The number of unbranched alkanes of at least 4 members (excludes halogenated alkanes) is 33. The van der Waals surface area contributed by atoms with Crippen molar-refractivity contribution >= 4 is 17.9 Å². The number of hydrogen-bond donors (Lipinski definition) is 0. The van der Waals surface area contributed by atoms with E-state index in [1.165, 1.54) is 167 Å². The number of ether oxygens (including phenoxy) is 3. The highest BCUT2D eigenvalue weighted by Gasteiger charge is 2.19. The van der Waals surface area contributed by atoms with Gasteiger partial charge < -0.3 is 14.2 Å². The van der Waals surface area contributed by atoms with E-state index < -0.39 is 6.10 Å². The fourth-order valence-corrected chi connectivity index (χ4v) is 7.21. The number of esters is 3. The maximum absolute atomic E-state index is 12.7. The van der Waals surface area contributed by atoms with Crippen LogP contribution >= 0.6 is 0 Å². The second-order valence-electron chi connectivity index (χ2n) is 16.4. The number of carbonyl (C=O) groups excluding carboxylic acids is 3. The smallest absolute Gasteiger partial charge is 0.306 e. The van der Waals surface area contributed by atoms with E-state index in [1.54, 1.807) is 0 Å². The highest BCUT2D eigenvalue weighted by molar-refractivity contribution is 5.71. The summed E-state index contributed by atoms with van der Waals surface area (Å²) in [6.07, 6.45) is 45.5. The lowest BCUT2D eigenvalue weighted by Gasteiger charge is -2.18. The van der Waals surface area contributed by atoms with Crippen LogP contribution in [0.4, 0.5) is 0 Å². The quantitative estimate of drug-likeness (QED) is 0.0349. The normalized spacial score (nSPS) is 11.8. The van der Waals surface area contributed by atoms with E-state index in [0.717, 1.165) is 64.2 Å². The summed E-state index contributed by atoms with van der Waals surface area (Å²) in [5.74, 6) is -0.862. The topological polar surface area (TPSA) is 78.9 Å². The molecule has 0 spiro atoms. The van der Waals surface area contributed by atoms with Crippen LogP contribution in [-0.2, 0) is 28.6 Å². The van der Waals surface area contributed by atoms with Gasteiger partial charge in [-0.1, -0.05) is 233 Å². The minimum absolute atomic E-state index is 0.0635. The van der Waals surface area contributed by atoms with Gasteiger partial charge >= 0.3 is 17.9 Å². The molecule has 0 aromatic rings. The van der Waals surface area contributed by atoms with Crippen molar-refractivity contribution in [3.05, 3.63) is 0 Å². The average Bonchev–Trinajstić information content (AvgIpc) is 3.17. The van der Waals surface area contributed by atoms with Gasteiger partial charge in [-0.05, 0) is 19.3 Å². The molecule has 0 saturated carbocycles. The molecule has 0 bridgehead atoms. The Morgan fingerprint density at radius 1 is 0.296 bits per heavy atom. The molecule has 0 unspecified atom stereocenters. The van der Waals surface area contributed by atoms with Crippen molar-refractivity contribution in [2.24, 2.45) is 0 Å². The Morgan fingerprint density at radius 3 is 0.741 bits per heavy atom. The summed E-state index contributed by atoms with van der Waals surface area (Å²) in [5, 5.41) is 0. The molecule has 0 saturated heterocycles. The molecule has 54 heavy (non-hydrogen) atoms. The Hall–Kier alpha value is -1.59. The predicted octanol–water partition coefficient (Wildman–Crippen LogP) is 15.3. The summed E-state index contributed by atoms with van der Waals surface area (Å²) >= 11 is 0. The lowest BCUT2D eigenvalue weighted by molar-refractivity contribution is -0.167. The first kappa shape index (κ1) is 52.4. The zero-order valence-electron chi connectivity index (χ0n) is 36.5. The lowest BCUT2D eigenvalue weighted by atomic mass is 10.0. The van der Waals surface area contributed by atoms with Crippen molar-refractivity contribution in [2.75, 3.05) is 13.2 Å². The fraction of sp³-hybridized carbons (Fsp3) is 0.938. The maximum Gasteiger partial charge on any atom is 0.306 e. The Morgan fingerprint density at radius 2 is 0.500 bits per heavy atom. The maximum atomic E-state index is 12.7. The van der Waals surface area contributed by atoms with Crippen molar-refractivity contribution in [1.82, 2.24) is 0 Å². The highest BCUT2D eigenvalue weighted by atomic mass is 16.6. The van der Waals surface area contributed by atoms with Crippen LogP contribution < -0.4 is 0 Å². The Balaban J connectivity index is 4.11. The van der Waals surface area contributed by atoms with Gasteiger partial charge in [0.25, 0.3) is 0 Å². The zero-order chi connectivity index (χ0) is 39.4. The van der Waals surface area contributed by atoms with E-state index in [1.807, 2.05) is 0 Å². The van der Waals surface area contributed by atoms with Crippen molar-refractivity contribution in [3.63, 3.8) is 0 Å². The second kappa shape index (κ2) is 44.1. The fourth-order valence-electron chi connectivity index (χ4n) is 7.21. The summed E-state index contributed by atoms with van der Waals surface area (Å²) in [7, 11) is 0. The molecule has 0 amide bonds. The highest BCUT2D eigenvalue weighted by Crippen LogP contribution is 2.16. The van der Waals surface area contributed by atoms with E-state index >= 15 is 0 Å². The van der Waals surface area contributed by atoms with Crippen LogP contribution in [0, 0.1) is 0 Å². The van der Waals surface area contributed by atoms with Crippen LogP contribution in [0.25, 0.3) is 0 Å². The van der Waals surface area contributed by atoms with Gasteiger partial charge in [0.2, 0.25) is 0 Å². The molecule has 0 fully saturated rings. The molecule has 0 aromatic carbocycles. The summed E-state index contributed by atoms with van der Waals surface area (Å²) in [6.45, 7) is 6.59. The second-order valence-corrected chi connectivity index (χ2v) is 16.4. The molecule has 0 aliphatic carbocycles. The van der Waals surface area contributed by atoms with Crippen LogP contribution in [0.15, 0.2) is 0 Å². The molecule has 0 aliphatic rings. The Kier molecular flexibility index (Phi) is 42.8. The molecule has 320 valence electrons. The summed E-state index contributed by atoms with van der Waals surface area (Å²) in [5.41, 5.74) is 0. The third-order valence-corrected chi connectivity index (χ3v) is 10.9. The predicted molar refractivity (Wildman–Crippen MR) is 229 cm³/mol. The minimum Gasteiger partial charge on any atom is -0.462 e. The number of carbonyl (C=O) groups is 3. The average molecular weight is 765 g/mol. The van der Waals surface area contributed by atoms with E-state index in [2.05, 4.69) is 20.8 Å². The summed E-state index contributed by atoms with van der Waals surface area (Å²) in [4.78, 5) is 37.5. The molecular weight excluding hydrogens is 673 g/mol. The van der Waals surface area contributed by atoms with Gasteiger partial charge in [0.1, 0.15) is 13.2 Å². The van der Waals surface area contributed by atoms with E-state index in [-0.39, 0.29) is 31.1 Å². The number of hydrogen-bond acceptors (Lipinski definition) is 6. The van der Waals surface area contributed by atoms with Crippen molar-refractivity contribution in [2.45, 2.75) is 277 Å². The third kappa shape index (κ3) is 41.6. The molecule has 0 aromatic heterocycles. The molecule has 6 nitrogen and oxygen atoms in total. The van der Waals surface area contributed by atoms with Crippen molar-refractivity contribution in [3.8, 4) is 0 Å². The molecule has 0 radical (unpaired) electrons. The van der Waals surface area contributed by atoms with Crippen LogP contribution in [-0.4, -0.2) is 37.2 Å². The molecular formula is C48H92O6. The largest absolute Gasteiger partial charge is 0.462 e. The monoisotopic (exact) mass is 765 g/mol. The molecule has 0 heterocycles. The Labute approximate surface area is 336 Å². The van der Waals surface area contributed by atoms with Gasteiger partial charge in [-0.3, -0.25) is 14.4 Å². The summed E-state index contributed by atoms with van der Waals surface area (Å²) < 4.78 is 16.6.